The predicted octanol–water partition coefficient (Wildman–Crippen LogP) is 5.44. The van der Waals surface area contributed by atoms with E-state index in [4.69, 9.17) is 18.9 Å². The smallest absolute Gasteiger partial charge is 0.341 e. The Morgan fingerprint density at radius 2 is 1.80 bits per heavy atom. The van der Waals surface area contributed by atoms with Gasteiger partial charge in [0.25, 0.3) is 0 Å². The fourth-order valence-corrected chi connectivity index (χ4v) is 12.7. The first-order chi connectivity index (χ1) is 28.7. The molecule has 5 aliphatic rings. The summed E-state index contributed by atoms with van der Waals surface area (Å²) in [5.41, 5.74) is 2.24. The average Bonchev–Trinajstić information content (AvgIpc) is 3.88. The molecular formula is C48H62N4O8. The van der Waals surface area contributed by atoms with Crippen LogP contribution in [0.2, 0.25) is 0 Å². The highest BCUT2D eigenvalue weighted by molar-refractivity contribution is 5.95. The molecule has 2 bridgehead atoms. The van der Waals surface area contributed by atoms with Gasteiger partial charge >= 0.3 is 17.9 Å². The Morgan fingerprint density at radius 3 is 2.48 bits per heavy atom. The second-order valence-corrected chi connectivity index (χ2v) is 18.2. The van der Waals surface area contributed by atoms with Crippen LogP contribution in [0, 0.1) is 11.3 Å². The number of benzene rings is 2. The molecule has 3 aromatic rings. The Morgan fingerprint density at radius 1 is 1.03 bits per heavy atom. The summed E-state index contributed by atoms with van der Waals surface area (Å²) in [6, 6.07) is 12.4. The molecule has 0 aliphatic carbocycles. The molecule has 6 heterocycles. The first-order valence-corrected chi connectivity index (χ1v) is 21.6. The molecule has 1 spiro atoms. The second kappa shape index (κ2) is 15.4. The number of esters is 3. The molecule has 2 aromatic carbocycles. The molecule has 2 unspecified atom stereocenters. The van der Waals surface area contributed by atoms with Crippen LogP contribution < -0.4 is 9.64 Å². The Hall–Kier alpha value is -4.65. The van der Waals surface area contributed by atoms with Crippen molar-refractivity contribution in [2.45, 2.75) is 88.4 Å². The molecule has 12 heteroatoms. The Balaban J connectivity index is 1.43. The summed E-state index contributed by atoms with van der Waals surface area (Å²) in [5, 5.41) is 13.2. The van der Waals surface area contributed by atoms with Crippen molar-refractivity contribution in [3.05, 3.63) is 82.6 Å². The minimum Gasteiger partial charge on any atom is -0.496 e. The molecule has 60 heavy (non-hydrogen) atoms. The fourth-order valence-electron chi connectivity index (χ4n) is 12.7. The number of aromatic nitrogens is 1. The van der Waals surface area contributed by atoms with Gasteiger partial charge in [-0.1, -0.05) is 55.8 Å². The summed E-state index contributed by atoms with van der Waals surface area (Å²) in [6.45, 7) is 11.5. The largest absolute Gasteiger partial charge is 0.496 e. The standard InChI is InChI=1S/C48H62N4O8/c1-10-31-23-32-26-48(44(55)59-9,40-34(17-21-51(27-31)28-32)33-15-12-13-16-37(33)50(40)6)36-24-35-38(25-39(36)57-7)49(5)29-47(35)19-22-52-20-14-18-46(11-2,41(47)52)42(60-30(3)53)45(4,56)43(54)58-8/h12-16,18,23-25,32,41-42,56H,10-11,17,19-22,26-29H2,1-9H3/t32-,41-,42-,45?,46+,47+,48-/m0/s1. The topological polar surface area (TPSA) is 123 Å². The van der Waals surface area contributed by atoms with E-state index in [1.807, 2.05) is 6.92 Å². The van der Waals surface area contributed by atoms with Crippen molar-refractivity contribution >= 4 is 34.5 Å². The lowest BCUT2D eigenvalue weighted by Gasteiger charge is -2.54. The number of anilines is 1. The van der Waals surface area contributed by atoms with Crippen molar-refractivity contribution in [3.63, 3.8) is 0 Å². The number of aryl methyl sites for hydroxylation is 1. The molecular weight excluding hydrogens is 761 g/mol. The van der Waals surface area contributed by atoms with E-state index in [1.165, 1.54) is 33.6 Å². The van der Waals surface area contributed by atoms with E-state index in [2.05, 4.69) is 94.9 Å². The van der Waals surface area contributed by atoms with Gasteiger partial charge in [-0.15, -0.1) is 0 Å². The van der Waals surface area contributed by atoms with Crippen molar-refractivity contribution < 1.29 is 38.4 Å². The van der Waals surface area contributed by atoms with Crippen LogP contribution in [-0.2, 0) is 52.9 Å². The van der Waals surface area contributed by atoms with Crippen molar-refractivity contribution in [3.8, 4) is 5.75 Å². The second-order valence-electron chi connectivity index (χ2n) is 18.2. The maximum absolute atomic E-state index is 15.4. The summed E-state index contributed by atoms with van der Waals surface area (Å²) in [6.07, 6.45) is 8.65. The van der Waals surface area contributed by atoms with Crippen LogP contribution in [0.5, 0.6) is 5.75 Å². The normalized spacial score (nSPS) is 29.9. The van der Waals surface area contributed by atoms with Gasteiger partial charge in [-0.25, -0.2) is 4.79 Å². The molecule has 8 rings (SSSR count). The SMILES string of the molecule is CCC1=C[C@@H]2CN(CCc3c(n(C)c4ccccc34)[C@@](C(=O)OC)(c3cc4c(cc3OC)N(C)C[C@]43CCN4CC=C[C@@](CC)([C@@H](OC(C)=O)C(C)(O)C(=O)OC)[C@H]43)C2)C1. The number of para-hydroxylation sites is 1. The van der Waals surface area contributed by atoms with Crippen LogP contribution >= 0.6 is 0 Å². The average molecular weight is 823 g/mol. The number of rotatable bonds is 9. The molecule has 1 N–H and O–H groups in total. The van der Waals surface area contributed by atoms with E-state index in [-0.39, 0.29) is 17.9 Å². The zero-order valence-electron chi connectivity index (χ0n) is 36.8. The molecule has 0 radical (unpaired) electrons. The number of ether oxygens (including phenoxy) is 4. The lowest BCUT2D eigenvalue weighted by molar-refractivity contribution is -0.200. The van der Waals surface area contributed by atoms with E-state index in [0.29, 0.717) is 31.7 Å². The lowest BCUT2D eigenvalue weighted by atomic mass is 9.57. The molecule has 1 fully saturated rings. The minimum atomic E-state index is -2.16. The van der Waals surface area contributed by atoms with E-state index in [9.17, 15) is 14.7 Å². The molecule has 0 saturated carbocycles. The zero-order valence-corrected chi connectivity index (χ0v) is 36.8. The predicted molar refractivity (Wildman–Crippen MR) is 230 cm³/mol. The highest BCUT2D eigenvalue weighted by Gasteiger charge is 2.67. The number of likely N-dealkylation sites (N-methyl/N-ethyl adjacent to an activating group) is 1. The van der Waals surface area contributed by atoms with Crippen LogP contribution in [0.25, 0.3) is 10.9 Å². The Kier molecular flexibility index (Phi) is 10.8. The van der Waals surface area contributed by atoms with E-state index in [0.717, 1.165) is 84.4 Å². The van der Waals surface area contributed by atoms with Crippen LogP contribution in [0.4, 0.5) is 5.69 Å². The molecule has 12 nitrogen and oxygen atoms in total. The van der Waals surface area contributed by atoms with Crippen LogP contribution in [-0.4, -0.2) is 123 Å². The van der Waals surface area contributed by atoms with Crippen LogP contribution in [0.1, 0.15) is 75.8 Å². The minimum absolute atomic E-state index is 0.0505. The monoisotopic (exact) mass is 822 g/mol. The third-order valence-electron chi connectivity index (χ3n) is 15.0. The number of nitrogens with zero attached hydrogens (tertiary/aromatic N) is 4. The number of fused-ring (bicyclic) bond motifs is 9. The number of hydrogen-bond acceptors (Lipinski definition) is 11. The van der Waals surface area contributed by atoms with Gasteiger partial charge in [-0.3, -0.25) is 19.4 Å². The summed E-state index contributed by atoms with van der Waals surface area (Å²) in [4.78, 5) is 49.0. The van der Waals surface area contributed by atoms with Crippen LogP contribution in [0.15, 0.2) is 60.2 Å². The van der Waals surface area contributed by atoms with Crippen molar-refractivity contribution in [1.29, 1.82) is 0 Å². The van der Waals surface area contributed by atoms with Crippen molar-refractivity contribution in [1.82, 2.24) is 14.4 Å². The van der Waals surface area contributed by atoms with Gasteiger partial charge in [0.05, 0.1) is 21.3 Å². The maximum Gasteiger partial charge on any atom is 0.341 e. The molecule has 8 atom stereocenters. The third kappa shape index (κ3) is 6.06. The number of methoxy groups -OCH3 is 3. The van der Waals surface area contributed by atoms with Gasteiger partial charge in [-0.2, -0.15) is 0 Å². The lowest BCUT2D eigenvalue weighted by Crippen LogP contribution is -2.67. The Bertz CT molecular complexity index is 2280. The maximum atomic E-state index is 15.4. The first-order valence-electron chi connectivity index (χ1n) is 21.6. The van der Waals surface area contributed by atoms with E-state index >= 15 is 4.79 Å². The number of carbonyl (C=O) groups is 3. The number of aliphatic hydroxyl groups is 1. The number of carbonyl (C=O) groups excluding carboxylic acids is 3. The summed E-state index contributed by atoms with van der Waals surface area (Å²) in [7, 11) is 8.57. The Labute approximate surface area is 354 Å². The fraction of sp³-hybridized carbons (Fsp3) is 0.562. The van der Waals surface area contributed by atoms with E-state index < -0.39 is 39.9 Å². The van der Waals surface area contributed by atoms with Gasteiger partial charge in [-0.05, 0) is 74.8 Å². The third-order valence-corrected chi connectivity index (χ3v) is 15.0. The van der Waals surface area contributed by atoms with Crippen molar-refractivity contribution in [2.75, 3.05) is 72.5 Å². The van der Waals surface area contributed by atoms with Gasteiger partial charge < -0.3 is 33.5 Å². The number of hydrogen-bond donors (Lipinski definition) is 1. The van der Waals surface area contributed by atoms with Gasteiger partial charge in [0.2, 0.25) is 0 Å². The molecule has 5 aliphatic heterocycles. The molecule has 1 saturated heterocycles. The van der Waals surface area contributed by atoms with Crippen molar-refractivity contribution in [2.24, 2.45) is 18.4 Å². The highest BCUT2D eigenvalue weighted by atomic mass is 16.6. The van der Waals surface area contributed by atoms with Gasteiger partial charge in [0.1, 0.15) is 11.2 Å². The van der Waals surface area contributed by atoms with Crippen LogP contribution in [0.3, 0.4) is 0 Å². The quantitative estimate of drug-likeness (QED) is 0.169. The van der Waals surface area contributed by atoms with E-state index in [1.54, 1.807) is 7.11 Å². The first kappa shape index (κ1) is 42.1. The summed E-state index contributed by atoms with van der Waals surface area (Å²) >= 11 is 0. The van der Waals surface area contributed by atoms with Gasteiger partial charge in [0, 0.05) is 105 Å². The highest BCUT2D eigenvalue weighted by Crippen LogP contribution is 2.61. The zero-order chi connectivity index (χ0) is 42.9. The van der Waals surface area contributed by atoms with Gasteiger partial charge in [0.15, 0.2) is 11.7 Å². The molecule has 322 valence electrons. The summed E-state index contributed by atoms with van der Waals surface area (Å²) < 4.78 is 25.9. The molecule has 1 aromatic heterocycles. The summed E-state index contributed by atoms with van der Waals surface area (Å²) in [5.74, 6) is -1.15. The molecule has 0 amide bonds.